The Morgan fingerprint density at radius 3 is 2.52 bits per heavy atom. The number of nitrogens with one attached hydrogen (secondary N) is 2. The van der Waals surface area contributed by atoms with Crippen LogP contribution in [-0.4, -0.2) is 61.7 Å². The van der Waals surface area contributed by atoms with Gasteiger partial charge in [0, 0.05) is 36.4 Å². The average molecular weight is 469 g/mol. The predicted octanol–water partition coefficient (Wildman–Crippen LogP) is 3.93. The highest BCUT2D eigenvalue weighted by Crippen LogP contribution is 2.36. The van der Waals surface area contributed by atoms with Gasteiger partial charge in [0.05, 0.1) is 10.9 Å². The number of para-hydroxylation sites is 1. The van der Waals surface area contributed by atoms with Crippen molar-refractivity contribution in [1.82, 2.24) is 14.2 Å². The molecule has 176 valence electrons. The van der Waals surface area contributed by atoms with Crippen LogP contribution in [0.3, 0.4) is 0 Å². The highest BCUT2D eigenvalue weighted by Gasteiger charge is 2.29. The number of piperidine rings is 1. The van der Waals surface area contributed by atoms with Crippen molar-refractivity contribution >= 4 is 32.5 Å². The van der Waals surface area contributed by atoms with Gasteiger partial charge in [0.15, 0.2) is 0 Å². The quantitative estimate of drug-likeness (QED) is 0.574. The summed E-state index contributed by atoms with van der Waals surface area (Å²) in [6.45, 7) is 5.73. The van der Waals surface area contributed by atoms with Crippen molar-refractivity contribution in [3.8, 4) is 0 Å². The summed E-state index contributed by atoms with van der Waals surface area (Å²) < 4.78 is 25.9. The summed E-state index contributed by atoms with van der Waals surface area (Å²) in [5.74, 6) is 0.344. The number of aromatic amines is 1. The van der Waals surface area contributed by atoms with Crippen LogP contribution in [-0.2, 0) is 14.8 Å². The number of carbonyl (C=O) groups excluding carboxylic acids is 1. The second-order valence-corrected chi connectivity index (χ2v) is 11.2. The Morgan fingerprint density at radius 1 is 1.12 bits per heavy atom. The molecule has 1 fully saturated rings. The summed E-state index contributed by atoms with van der Waals surface area (Å²) in [5, 5.41) is 4.19. The molecule has 0 aliphatic carbocycles. The van der Waals surface area contributed by atoms with Crippen LogP contribution in [0.4, 0.5) is 5.69 Å². The van der Waals surface area contributed by atoms with Crippen LogP contribution in [0.2, 0.25) is 0 Å². The Bertz CT molecular complexity index is 1260. The fraction of sp³-hybridized carbons (Fsp3) is 0.400. The van der Waals surface area contributed by atoms with Crippen molar-refractivity contribution in [2.24, 2.45) is 0 Å². The molecule has 3 aromatic rings. The molecular formula is C25H32N4O3S. The molecule has 1 aliphatic rings. The fourth-order valence-corrected chi connectivity index (χ4v) is 5.71. The van der Waals surface area contributed by atoms with E-state index in [0.717, 1.165) is 30.2 Å². The Balaban J connectivity index is 1.40. The zero-order valence-corrected chi connectivity index (χ0v) is 20.4. The lowest BCUT2D eigenvalue weighted by Gasteiger charge is -2.35. The number of aryl methyl sites for hydroxylation is 1. The molecule has 8 heteroatoms. The van der Waals surface area contributed by atoms with Crippen molar-refractivity contribution in [1.29, 1.82) is 0 Å². The van der Waals surface area contributed by atoms with E-state index < -0.39 is 10.0 Å². The number of fused-ring (bicyclic) bond motifs is 1. The largest absolute Gasteiger partial charge is 0.358 e. The Morgan fingerprint density at radius 2 is 1.82 bits per heavy atom. The number of hydrogen-bond acceptors (Lipinski definition) is 4. The smallest absolute Gasteiger partial charge is 0.242 e. The molecule has 0 bridgehead atoms. The van der Waals surface area contributed by atoms with Crippen LogP contribution in [0.25, 0.3) is 10.9 Å². The third-order valence-corrected chi connectivity index (χ3v) is 8.50. The van der Waals surface area contributed by atoms with Gasteiger partial charge in [0.2, 0.25) is 15.9 Å². The first-order chi connectivity index (χ1) is 15.7. The number of carbonyl (C=O) groups is 1. The standard InChI is InChI=1S/C25H32N4O3S/c1-17-24(22-10-5-6-11-23(22)26-17)19-12-14-29(15-13-19)18(2)25(30)27-20-8-7-9-21(16-20)33(31,32)28(3)4/h5-11,16,18-19,26H,12-15H2,1-4H3,(H,27,30). The molecule has 0 saturated carbocycles. The number of anilines is 1. The van der Waals surface area contributed by atoms with Crippen LogP contribution in [0.5, 0.6) is 0 Å². The van der Waals surface area contributed by atoms with E-state index in [1.807, 2.05) is 6.92 Å². The topological polar surface area (TPSA) is 85.5 Å². The molecule has 2 heterocycles. The monoisotopic (exact) mass is 468 g/mol. The minimum absolute atomic E-state index is 0.129. The SMILES string of the molecule is Cc1[nH]c2ccccc2c1C1CCN(C(C)C(=O)Nc2cccc(S(=O)(=O)N(C)C)c2)CC1. The van der Waals surface area contributed by atoms with Crippen LogP contribution in [0, 0.1) is 6.92 Å². The molecule has 2 aromatic carbocycles. The molecule has 1 aromatic heterocycles. The summed E-state index contributed by atoms with van der Waals surface area (Å²) >= 11 is 0. The number of likely N-dealkylation sites (tertiary alicyclic amines) is 1. The molecule has 33 heavy (non-hydrogen) atoms. The first-order valence-corrected chi connectivity index (χ1v) is 12.8. The van der Waals surface area contributed by atoms with Gasteiger partial charge in [-0.05, 0) is 75.5 Å². The molecule has 0 radical (unpaired) electrons. The van der Waals surface area contributed by atoms with Gasteiger partial charge in [-0.1, -0.05) is 24.3 Å². The minimum atomic E-state index is -3.55. The maximum atomic E-state index is 12.9. The number of aromatic nitrogens is 1. The summed E-state index contributed by atoms with van der Waals surface area (Å²) in [6.07, 6.45) is 1.99. The van der Waals surface area contributed by atoms with Gasteiger partial charge < -0.3 is 10.3 Å². The number of hydrogen-bond donors (Lipinski definition) is 2. The molecule has 7 nitrogen and oxygen atoms in total. The Labute approximate surface area is 195 Å². The maximum absolute atomic E-state index is 12.9. The molecule has 1 atom stereocenters. The summed E-state index contributed by atoms with van der Waals surface area (Å²) in [6, 6.07) is 14.5. The van der Waals surface area contributed by atoms with Crippen molar-refractivity contribution in [2.45, 2.75) is 43.5 Å². The molecule has 4 rings (SSSR count). The Kier molecular flexibility index (Phi) is 6.61. The van der Waals surface area contributed by atoms with Gasteiger partial charge in [0.1, 0.15) is 0 Å². The summed E-state index contributed by atoms with van der Waals surface area (Å²) in [7, 11) is -0.574. The lowest BCUT2D eigenvalue weighted by atomic mass is 9.87. The maximum Gasteiger partial charge on any atom is 0.242 e. The van der Waals surface area contributed by atoms with E-state index in [9.17, 15) is 13.2 Å². The average Bonchev–Trinajstić information content (AvgIpc) is 3.14. The van der Waals surface area contributed by atoms with Crippen molar-refractivity contribution in [3.05, 3.63) is 59.8 Å². The van der Waals surface area contributed by atoms with Gasteiger partial charge in [0.25, 0.3) is 0 Å². The third kappa shape index (κ3) is 4.69. The van der Waals surface area contributed by atoms with Crippen molar-refractivity contribution in [2.75, 3.05) is 32.5 Å². The van der Waals surface area contributed by atoms with E-state index in [-0.39, 0.29) is 16.8 Å². The number of H-pyrrole nitrogens is 1. The number of nitrogens with zero attached hydrogens (tertiary/aromatic N) is 2. The first-order valence-electron chi connectivity index (χ1n) is 11.3. The number of sulfonamides is 1. The van der Waals surface area contributed by atoms with Gasteiger partial charge >= 0.3 is 0 Å². The van der Waals surface area contributed by atoms with E-state index in [0.29, 0.717) is 11.6 Å². The Hall–Kier alpha value is -2.68. The molecular weight excluding hydrogens is 436 g/mol. The number of benzene rings is 2. The number of amides is 1. The molecule has 1 aliphatic heterocycles. The minimum Gasteiger partial charge on any atom is -0.358 e. The van der Waals surface area contributed by atoms with Crippen LogP contribution in [0.1, 0.15) is 36.9 Å². The second kappa shape index (κ2) is 9.29. The summed E-state index contributed by atoms with van der Waals surface area (Å²) in [4.78, 5) is 18.8. The van der Waals surface area contributed by atoms with E-state index >= 15 is 0 Å². The summed E-state index contributed by atoms with van der Waals surface area (Å²) in [5.41, 5.74) is 4.30. The zero-order valence-electron chi connectivity index (χ0n) is 19.6. The van der Waals surface area contributed by atoms with Gasteiger partial charge in [-0.25, -0.2) is 12.7 Å². The molecule has 1 unspecified atom stereocenters. The highest BCUT2D eigenvalue weighted by atomic mass is 32.2. The van der Waals surface area contributed by atoms with E-state index in [1.165, 1.54) is 48.4 Å². The van der Waals surface area contributed by atoms with E-state index in [2.05, 4.69) is 46.4 Å². The molecule has 2 N–H and O–H groups in total. The van der Waals surface area contributed by atoms with Crippen LogP contribution < -0.4 is 5.32 Å². The van der Waals surface area contributed by atoms with Gasteiger partial charge in [-0.15, -0.1) is 0 Å². The van der Waals surface area contributed by atoms with Gasteiger partial charge in [-0.2, -0.15) is 0 Å². The predicted molar refractivity (Wildman–Crippen MR) is 132 cm³/mol. The molecule has 1 amide bonds. The fourth-order valence-electron chi connectivity index (χ4n) is 4.76. The highest BCUT2D eigenvalue weighted by molar-refractivity contribution is 7.89. The van der Waals surface area contributed by atoms with E-state index in [1.54, 1.807) is 12.1 Å². The van der Waals surface area contributed by atoms with Crippen molar-refractivity contribution in [3.63, 3.8) is 0 Å². The second-order valence-electron chi connectivity index (χ2n) is 9.00. The first kappa shape index (κ1) is 23.5. The van der Waals surface area contributed by atoms with E-state index in [4.69, 9.17) is 0 Å². The lowest BCUT2D eigenvalue weighted by Crippen LogP contribution is -2.45. The van der Waals surface area contributed by atoms with Crippen LogP contribution >= 0.6 is 0 Å². The normalized spacial score (nSPS) is 16.9. The lowest BCUT2D eigenvalue weighted by molar-refractivity contribution is -0.121. The van der Waals surface area contributed by atoms with Crippen LogP contribution in [0.15, 0.2) is 53.4 Å². The third-order valence-electron chi connectivity index (χ3n) is 6.69. The van der Waals surface area contributed by atoms with Crippen molar-refractivity contribution < 1.29 is 13.2 Å². The molecule has 1 saturated heterocycles. The zero-order chi connectivity index (χ0) is 23.8. The number of rotatable bonds is 6. The molecule has 0 spiro atoms. The van der Waals surface area contributed by atoms with Gasteiger partial charge in [-0.3, -0.25) is 9.69 Å².